The smallest absolute Gasteiger partial charge is 0.330 e. The molecule has 0 aromatic carbocycles. The number of hydrogen-bond donors (Lipinski definition) is 2. The number of hydrogen-bond acceptors (Lipinski definition) is 7. The number of rotatable bonds is 4. The molecule has 0 unspecified atom stereocenters. The summed E-state index contributed by atoms with van der Waals surface area (Å²) < 4.78 is 11.5. The highest BCUT2D eigenvalue weighted by molar-refractivity contribution is 5.94. The molecule has 0 saturated heterocycles. The van der Waals surface area contributed by atoms with Gasteiger partial charge in [-0.15, -0.1) is 0 Å². The lowest BCUT2D eigenvalue weighted by Gasteiger charge is -2.26. The van der Waals surface area contributed by atoms with E-state index in [1.807, 2.05) is 32.9 Å². The van der Waals surface area contributed by atoms with Crippen molar-refractivity contribution in [1.82, 2.24) is 20.2 Å². The average Bonchev–Trinajstić information content (AvgIpc) is 3.38. The predicted octanol–water partition coefficient (Wildman–Crippen LogP) is 2.71. The number of aromatic nitrogens is 2. The van der Waals surface area contributed by atoms with Gasteiger partial charge in [0, 0.05) is 31.0 Å². The average molecular weight is 515 g/mol. The van der Waals surface area contributed by atoms with Crippen LogP contribution in [0.1, 0.15) is 65.0 Å². The first-order valence-electron chi connectivity index (χ1n) is 13.0. The van der Waals surface area contributed by atoms with E-state index in [-0.39, 0.29) is 29.7 Å². The van der Waals surface area contributed by atoms with Gasteiger partial charge >= 0.3 is 12.0 Å². The van der Waals surface area contributed by atoms with Gasteiger partial charge < -0.3 is 24.8 Å². The number of aliphatic carboxylic acids is 1. The monoisotopic (exact) mass is 514 g/mol. The molecule has 2 fully saturated rings. The molecule has 10 nitrogen and oxygen atoms in total. The van der Waals surface area contributed by atoms with Gasteiger partial charge in [0.15, 0.2) is 0 Å². The number of carbonyl (C=O) groups is 3. The SMILES string of the molecule is COc1nc(O[C@@H]2C[C@H]3C(=O)N[C@]4(C(=O)O)C[C@H]4/C=C\CCCCN(C)C(=O)[C@@H]3C2)cc(C(C)(C)C)n1. The normalized spacial score (nSPS) is 31.4. The number of ether oxygens (including phenoxy) is 2. The third-order valence-electron chi connectivity index (χ3n) is 7.70. The summed E-state index contributed by atoms with van der Waals surface area (Å²) in [7, 11) is 3.25. The summed E-state index contributed by atoms with van der Waals surface area (Å²) in [6.45, 7) is 6.67. The minimum Gasteiger partial charge on any atom is -0.479 e. The van der Waals surface area contributed by atoms with Crippen LogP contribution < -0.4 is 14.8 Å². The van der Waals surface area contributed by atoms with Crippen molar-refractivity contribution >= 4 is 17.8 Å². The molecule has 1 aliphatic heterocycles. The molecule has 5 atom stereocenters. The van der Waals surface area contributed by atoms with Gasteiger partial charge in [0.1, 0.15) is 11.6 Å². The zero-order valence-electron chi connectivity index (χ0n) is 22.3. The maximum atomic E-state index is 13.5. The molecule has 4 rings (SSSR count). The number of nitrogens with one attached hydrogen (secondary N) is 1. The molecule has 0 spiro atoms. The van der Waals surface area contributed by atoms with Crippen molar-refractivity contribution in [2.75, 3.05) is 20.7 Å². The molecule has 2 N–H and O–H groups in total. The summed E-state index contributed by atoms with van der Waals surface area (Å²) in [6.07, 6.45) is 6.96. The first-order valence-corrected chi connectivity index (χ1v) is 13.0. The molecule has 2 aliphatic carbocycles. The Balaban J connectivity index is 1.59. The van der Waals surface area contributed by atoms with Gasteiger partial charge in [0.2, 0.25) is 17.7 Å². The maximum Gasteiger partial charge on any atom is 0.330 e. The number of carboxylic acids is 1. The van der Waals surface area contributed by atoms with E-state index in [2.05, 4.69) is 15.3 Å². The lowest BCUT2D eigenvalue weighted by Crippen LogP contribution is -2.49. The van der Waals surface area contributed by atoms with Gasteiger partial charge in [0.05, 0.1) is 24.6 Å². The number of fused-ring (bicyclic) bond motifs is 2. The number of carboxylic acid groups (broad SMARTS) is 1. The van der Waals surface area contributed by atoms with Gasteiger partial charge in [-0.25, -0.2) is 4.79 Å². The van der Waals surface area contributed by atoms with E-state index in [4.69, 9.17) is 9.47 Å². The molecule has 2 heterocycles. The fourth-order valence-corrected chi connectivity index (χ4v) is 5.30. The summed E-state index contributed by atoms with van der Waals surface area (Å²) in [5, 5.41) is 12.7. The summed E-state index contributed by atoms with van der Waals surface area (Å²) in [5.74, 6) is -2.81. The lowest BCUT2D eigenvalue weighted by molar-refractivity contribution is -0.145. The Bertz CT molecular complexity index is 1080. The summed E-state index contributed by atoms with van der Waals surface area (Å²) in [5.41, 5.74) is -0.828. The van der Waals surface area contributed by atoms with Crippen LogP contribution in [0.15, 0.2) is 18.2 Å². The van der Waals surface area contributed by atoms with E-state index in [9.17, 15) is 19.5 Å². The van der Waals surface area contributed by atoms with Crippen molar-refractivity contribution in [3.8, 4) is 11.9 Å². The molecule has 37 heavy (non-hydrogen) atoms. The molecule has 2 saturated carbocycles. The van der Waals surface area contributed by atoms with E-state index in [0.717, 1.165) is 25.0 Å². The van der Waals surface area contributed by atoms with Gasteiger partial charge in [-0.3, -0.25) is 9.59 Å². The molecule has 3 aliphatic rings. The highest BCUT2D eigenvalue weighted by Gasteiger charge is 2.61. The second-order valence-electron chi connectivity index (χ2n) is 11.5. The Morgan fingerprint density at radius 1 is 1.19 bits per heavy atom. The minimum absolute atomic E-state index is 0.119. The van der Waals surface area contributed by atoms with Crippen molar-refractivity contribution in [3.63, 3.8) is 0 Å². The van der Waals surface area contributed by atoms with E-state index in [0.29, 0.717) is 25.3 Å². The first-order chi connectivity index (χ1) is 17.4. The maximum absolute atomic E-state index is 13.5. The van der Waals surface area contributed by atoms with Gasteiger partial charge in [-0.1, -0.05) is 32.9 Å². The van der Waals surface area contributed by atoms with E-state index >= 15 is 0 Å². The largest absolute Gasteiger partial charge is 0.479 e. The Morgan fingerprint density at radius 2 is 1.92 bits per heavy atom. The molecule has 0 radical (unpaired) electrons. The fraction of sp³-hybridized carbons (Fsp3) is 0.667. The van der Waals surface area contributed by atoms with Crippen LogP contribution in [-0.4, -0.2) is 70.1 Å². The van der Waals surface area contributed by atoms with Crippen LogP contribution in [0.5, 0.6) is 11.9 Å². The van der Waals surface area contributed by atoms with Gasteiger partial charge in [0.25, 0.3) is 0 Å². The van der Waals surface area contributed by atoms with Crippen molar-refractivity contribution in [3.05, 3.63) is 23.9 Å². The van der Waals surface area contributed by atoms with Gasteiger partial charge in [-0.05, 0) is 38.5 Å². The number of allylic oxidation sites excluding steroid dienone is 1. The number of carbonyl (C=O) groups excluding carboxylic acids is 2. The topological polar surface area (TPSA) is 131 Å². The highest BCUT2D eigenvalue weighted by atomic mass is 16.5. The molecule has 1 aromatic rings. The zero-order chi connectivity index (χ0) is 27.0. The van der Waals surface area contributed by atoms with Crippen LogP contribution in [0.2, 0.25) is 0 Å². The van der Waals surface area contributed by atoms with Gasteiger partial charge in [-0.2, -0.15) is 9.97 Å². The standard InChI is InChI=1S/C27H38N4O6/c1-26(2,3)20-14-21(29-25(28-20)36-5)37-17-12-18-19(13-17)23(33)31(4)11-9-7-6-8-10-16-15-27(16,24(34)35)30-22(18)32/h8,10,14,16-19H,6-7,9,11-13,15H2,1-5H3,(H,30,32)(H,34,35)/b10-8-/t16-,17-,18-,19-,27-/m1/s1. The number of methoxy groups -OCH3 is 1. The second kappa shape index (κ2) is 10.3. The Morgan fingerprint density at radius 3 is 2.59 bits per heavy atom. The number of nitrogens with zero attached hydrogens (tertiary/aromatic N) is 3. The Labute approximate surface area is 217 Å². The zero-order valence-corrected chi connectivity index (χ0v) is 22.3. The fourth-order valence-electron chi connectivity index (χ4n) is 5.30. The van der Waals surface area contributed by atoms with Crippen LogP contribution in [0.4, 0.5) is 0 Å². The first kappa shape index (κ1) is 26.9. The van der Waals surface area contributed by atoms with Crippen LogP contribution in [0.3, 0.4) is 0 Å². The summed E-state index contributed by atoms with van der Waals surface area (Å²) in [6, 6.07) is 1.94. The van der Waals surface area contributed by atoms with Crippen molar-refractivity contribution in [2.45, 2.75) is 76.4 Å². The quantitative estimate of drug-likeness (QED) is 0.587. The third kappa shape index (κ3) is 5.72. The summed E-state index contributed by atoms with van der Waals surface area (Å²) in [4.78, 5) is 49.5. The Kier molecular flexibility index (Phi) is 7.48. The number of amides is 2. The second-order valence-corrected chi connectivity index (χ2v) is 11.5. The molecule has 1 aromatic heterocycles. The summed E-state index contributed by atoms with van der Waals surface area (Å²) >= 11 is 0. The van der Waals surface area contributed by atoms with Crippen molar-refractivity contribution < 1.29 is 29.0 Å². The predicted molar refractivity (Wildman–Crippen MR) is 135 cm³/mol. The third-order valence-corrected chi connectivity index (χ3v) is 7.70. The van der Waals surface area contributed by atoms with Crippen molar-refractivity contribution in [2.24, 2.45) is 17.8 Å². The van der Waals surface area contributed by atoms with Crippen LogP contribution in [0, 0.1) is 17.8 Å². The van der Waals surface area contributed by atoms with Crippen LogP contribution >= 0.6 is 0 Å². The van der Waals surface area contributed by atoms with E-state index < -0.39 is 35.4 Å². The molecule has 10 heteroatoms. The molecule has 2 amide bonds. The van der Waals surface area contributed by atoms with Crippen molar-refractivity contribution in [1.29, 1.82) is 0 Å². The van der Waals surface area contributed by atoms with E-state index in [1.165, 1.54) is 7.11 Å². The molecular formula is C27H38N4O6. The lowest BCUT2D eigenvalue weighted by atomic mass is 9.92. The van der Waals surface area contributed by atoms with E-state index in [1.54, 1.807) is 18.0 Å². The Hall–Kier alpha value is -3.17. The molecule has 0 bridgehead atoms. The van der Waals surface area contributed by atoms with Crippen LogP contribution in [0.25, 0.3) is 0 Å². The minimum atomic E-state index is -1.31. The van der Waals surface area contributed by atoms with Crippen LogP contribution in [-0.2, 0) is 19.8 Å². The highest BCUT2D eigenvalue weighted by Crippen LogP contribution is 2.46. The molecular weight excluding hydrogens is 476 g/mol. The molecule has 202 valence electrons.